The van der Waals surface area contributed by atoms with Crippen LogP contribution in [0.2, 0.25) is 5.02 Å². The van der Waals surface area contributed by atoms with Crippen LogP contribution in [-0.2, 0) is 11.2 Å². The van der Waals surface area contributed by atoms with Gasteiger partial charge in [0.15, 0.2) is 0 Å². The molecule has 0 aliphatic heterocycles. The summed E-state index contributed by atoms with van der Waals surface area (Å²) in [6.07, 6.45) is 3.57. The molecule has 4 nitrogen and oxygen atoms in total. The number of hydrogen-bond donors (Lipinski definition) is 1. The monoisotopic (exact) mass is 368 g/mol. The third kappa shape index (κ3) is 4.96. The lowest BCUT2D eigenvalue weighted by atomic mass is 10.1. The summed E-state index contributed by atoms with van der Waals surface area (Å²) < 4.78 is 5.81. The van der Waals surface area contributed by atoms with Crippen LogP contribution in [0, 0.1) is 0 Å². The van der Waals surface area contributed by atoms with Gasteiger partial charge in [0.1, 0.15) is 11.3 Å². The molecule has 1 amide bonds. The number of pyridine rings is 1. The van der Waals surface area contributed by atoms with Crippen LogP contribution in [0.4, 0.5) is 0 Å². The molecule has 0 radical (unpaired) electrons. The Morgan fingerprint density at radius 2 is 1.92 bits per heavy atom. The van der Waals surface area contributed by atoms with Gasteiger partial charge in [-0.15, -0.1) is 0 Å². The number of benzene rings is 2. The molecular weight excluding hydrogens is 348 g/mol. The van der Waals surface area contributed by atoms with Crippen LogP contribution in [0.3, 0.4) is 0 Å². The molecule has 1 aromatic heterocycles. The summed E-state index contributed by atoms with van der Waals surface area (Å²) in [5.41, 5.74) is 1.86. The molecule has 5 heteroatoms. The second-order valence-corrected chi connectivity index (χ2v) is 6.38. The van der Waals surface area contributed by atoms with E-state index < -0.39 is 0 Å². The van der Waals surface area contributed by atoms with Crippen molar-refractivity contribution in [1.82, 2.24) is 10.3 Å². The van der Waals surface area contributed by atoms with Crippen LogP contribution in [0.5, 0.6) is 5.75 Å². The molecule has 3 aromatic rings. The number of carbonyl (C=O) groups excluding carboxylic acids is 1. The SMILES string of the molecule is O=C(CCc1ccccc1Cl)NCCCOc1cccc2cccnc12. The first-order valence-corrected chi connectivity index (χ1v) is 9.08. The lowest BCUT2D eigenvalue weighted by Gasteiger charge is -2.09. The Morgan fingerprint density at radius 3 is 2.81 bits per heavy atom. The van der Waals surface area contributed by atoms with E-state index >= 15 is 0 Å². The maximum Gasteiger partial charge on any atom is 0.220 e. The van der Waals surface area contributed by atoms with Crippen LogP contribution < -0.4 is 10.1 Å². The first kappa shape index (κ1) is 18.2. The molecule has 1 N–H and O–H groups in total. The Bertz CT molecular complexity index is 877. The summed E-state index contributed by atoms with van der Waals surface area (Å²) in [6.45, 7) is 1.11. The van der Waals surface area contributed by atoms with Gasteiger partial charge in [0, 0.05) is 29.6 Å². The standard InChI is InChI=1S/C21H21ClN2O2/c22-18-9-2-1-6-16(18)11-12-20(25)23-14-5-15-26-19-10-3-7-17-8-4-13-24-21(17)19/h1-4,6-10,13H,5,11-12,14-15H2,(H,23,25). The van der Waals surface area contributed by atoms with Crippen LogP contribution in [0.15, 0.2) is 60.8 Å². The van der Waals surface area contributed by atoms with Crippen molar-refractivity contribution in [3.8, 4) is 5.75 Å². The van der Waals surface area contributed by atoms with Gasteiger partial charge in [-0.25, -0.2) is 0 Å². The molecule has 0 bridgehead atoms. The van der Waals surface area contributed by atoms with E-state index in [2.05, 4.69) is 10.3 Å². The molecule has 0 saturated carbocycles. The van der Waals surface area contributed by atoms with Crippen molar-refractivity contribution in [2.24, 2.45) is 0 Å². The molecule has 0 fully saturated rings. The minimum absolute atomic E-state index is 0.0248. The quantitative estimate of drug-likeness (QED) is 0.599. The van der Waals surface area contributed by atoms with E-state index in [1.165, 1.54) is 0 Å². The number of rotatable bonds is 8. The number of fused-ring (bicyclic) bond motifs is 1. The van der Waals surface area contributed by atoms with Crippen molar-refractivity contribution in [2.75, 3.05) is 13.2 Å². The van der Waals surface area contributed by atoms with Gasteiger partial charge in [-0.3, -0.25) is 9.78 Å². The van der Waals surface area contributed by atoms with Gasteiger partial charge < -0.3 is 10.1 Å². The largest absolute Gasteiger partial charge is 0.491 e. The number of carbonyl (C=O) groups is 1. The Morgan fingerprint density at radius 1 is 1.08 bits per heavy atom. The normalized spacial score (nSPS) is 10.7. The minimum atomic E-state index is 0.0248. The molecular formula is C21H21ClN2O2. The average Bonchev–Trinajstić information content (AvgIpc) is 2.67. The van der Waals surface area contributed by atoms with Crippen molar-refractivity contribution in [1.29, 1.82) is 0 Å². The first-order chi connectivity index (χ1) is 12.7. The van der Waals surface area contributed by atoms with E-state index in [4.69, 9.17) is 16.3 Å². The fourth-order valence-electron chi connectivity index (χ4n) is 2.71. The van der Waals surface area contributed by atoms with Crippen molar-refractivity contribution in [3.05, 3.63) is 71.4 Å². The maximum atomic E-state index is 11.9. The van der Waals surface area contributed by atoms with Crippen LogP contribution in [0.25, 0.3) is 10.9 Å². The van der Waals surface area contributed by atoms with Gasteiger partial charge in [0.2, 0.25) is 5.91 Å². The molecule has 26 heavy (non-hydrogen) atoms. The zero-order valence-corrected chi connectivity index (χ0v) is 15.2. The number of aryl methyl sites for hydroxylation is 1. The van der Waals surface area contributed by atoms with Crippen molar-refractivity contribution in [3.63, 3.8) is 0 Å². The summed E-state index contributed by atoms with van der Waals surface area (Å²) in [6, 6.07) is 17.4. The number of halogens is 1. The number of amides is 1. The van der Waals surface area contributed by atoms with Gasteiger partial charge in [0.05, 0.1) is 6.61 Å². The molecule has 0 aliphatic rings. The summed E-state index contributed by atoms with van der Waals surface area (Å²) in [5, 5.41) is 4.68. The van der Waals surface area contributed by atoms with Gasteiger partial charge in [0.25, 0.3) is 0 Å². The second kappa shape index (κ2) is 9.20. The molecule has 134 valence electrons. The summed E-state index contributed by atoms with van der Waals surface area (Å²) in [4.78, 5) is 16.3. The first-order valence-electron chi connectivity index (χ1n) is 8.71. The van der Waals surface area contributed by atoms with E-state index in [1.807, 2.05) is 54.6 Å². The fourth-order valence-corrected chi connectivity index (χ4v) is 2.94. The van der Waals surface area contributed by atoms with Gasteiger partial charge in [-0.1, -0.05) is 48.0 Å². The molecule has 0 saturated heterocycles. The zero-order valence-electron chi connectivity index (χ0n) is 14.5. The highest BCUT2D eigenvalue weighted by atomic mass is 35.5. The number of nitrogens with one attached hydrogen (secondary N) is 1. The number of hydrogen-bond acceptors (Lipinski definition) is 3. The summed E-state index contributed by atoms with van der Waals surface area (Å²) in [5.74, 6) is 0.796. The topological polar surface area (TPSA) is 51.2 Å². The van der Waals surface area contributed by atoms with E-state index in [0.29, 0.717) is 31.0 Å². The number of aromatic nitrogens is 1. The zero-order chi connectivity index (χ0) is 18.2. The van der Waals surface area contributed by atoms with E-state index in [0.717, 1.165) is 28.6 Å². The highest BCUT2D eigenvalue weighted by Gasteiger charge is 2.05. The third-order valence-electron chi connectivity index (χ3n) is 4.08. The van der Waals surface area contributed by atoms with Crippen LogP contribution >= 0.6 is 11.6 Å². The van der Waals surface area contributed by atoms with E-state index in [1.54, 1.807) is 6.20 Å². The molecule has 0 spiro atoms. The Labute approximate surface area is 158 Å². The minimum Gasteiger partial charge on any atom is -0.491 e. The number of ether oxygens (including phenoxy) is 1. The third-order valence-corrected chi connectivity index (χ3v) is 4.44. The van der Waals surface area contributed by atoms with Crippen molar-refractivity contribution >= 4 is 28.4 Å². The van der Waals surface area contributed by atoms with E-state index in [-0.39, 0.29) is 5.91 Å². The number of para-hydroxylation sites is 1. The summed E-state index contributed by atoms with van der Waals surface area (Å²) >= 11 is 6.10. The van der Waals surface area contributed by atoms with Crippen LogP contribution in [0.1, 0.15) is 18.4 Å². The Kier molecular flexibility index (Phi) is 6.45. The fraction of sp³-hybridized carbons (Fsp3) is 0.238. The maximum absolute atomic E-state index is 11.9. The Balaban J connectivity index is 1.37. The molecule has 3 rings (SSSR count). The number of nitrogens with zero attached hydrogens (tertiary/aromatic N) is 1. The lowest BCUT2D eigenvalue weighted by Crippen LogP contribution is -2.25. The molecule has 0 aliphatic carbocycles. The summed E-state index contributed by atoms with van der Waals surface area (Å²) in [7, 11) is 0. The average molecular weight is 369 g/mol. The smallest absolute Gasteiger partial charge is 0.220 e. The molecule has 2 aromatic carbocycles. The highest BCUT2D eigenvalue weighted by Crippen LogP contribution is 2.22. The molecule has 1 heterocycles. The van der Waals surface area contributed by atoms with Crippen molar-refractivity contribution < 1.29 is 9.53 Å². The van der Waals surface area contributed by atoms with Gasteiger partial charge >= 0.3 is 0 Å². The Hall–Kier alpha value is -2.59. The van der Waals surface area contributed by atoms with Crippen LogP contribution in [-0.4, -0.2) is 24.0 Å². The van der Waals surface area contributed by atoms with E-state index in [9.17, 15) is 4.79 Å². The second-order valence-electron chi connectivity index (χ2n) is 5.97. The molecule has 0 atom stereocenters. The van der Waals surface area contributed by atoms with Gasteiger partial charge in [-0.2, -0.15) is 0 Å². The molecule has 0 unspecified atom stereocenters. The predicted molar refractivity (Wildman–Crippen MR) is 105 cm³/mol. The van der Waals surface area contributed by atoms with Crippen molar-refractivity contribution in [2.45, 2.75) is 19.3 Å². The highest BCUT2D eigenvalue weighted by molar-refractivity contribution is 6.31. The lowest BCUT2D eigenvalue weighted by molar-refractivity contribution is -0.121. The van der Waals surface area contributed by atoms with Gasteiger partial charge in [-0.05, 0) is 36.6 Å². The predicted octanol–water partition coefficient (Wildman–Crippen LogP) is 4.41.